The second kappa shape index (κ2) is 5.54. The third kappa shape index (κ3) is 2.80. The average Bonchev–Trinajstić information content (AvgIpc) is 2.92. The fraction of sp³-hybridized carbons (Fsp3) is 0.429. The van der Waals surface area contributed by atoms with Gasteiger partial charge in [-0.1, -0.05) is 0 Å². The van der Waals surface area contributed by atoms with Crippen molar-refractivity contribution in [2.45, 2.75) is 12.8 Å². The highest BCUT2D eigenvalue weighted by atomic mass is 16.2. The Morgan fingerprint density at radius 1 is 1.33 bits per heavy atom. The summed E-state index contributed by atoms with van der Waals surface area (Å²) >= 11 is 0. The van der Waals surface area contributed by atoms with E-state index in [9.17, 15) is 4.79 Å². The third-order valence-electron chi connectivity index (χ3n) is 3.27. The first-order valence-electron chi connectivity index (χ1n) is 6.20. The first-order valence-corrected chi connectivity index (χ1v) is 6.20. The van der Waals surface area contributed by atoms with Crippen LogP contribution in [0.4, 0.5) is 5.69 Å². The van der Waals surface area contributed by atoms with Crippen molar-refractivity contribution in [1.29, 1.82) is 5.26 Å². The van der Waals surface area contributed by atoms with Crippen molar-refractivity contribution in [1.82, 2.24) is 4.90 Å². The summed E-state index contributed by atoms with van der Waals surface area (Å²) in [4.78, 5) is 15.8. The fourth-order valence-electron chi connectivity index (χ4n) is 2.15. The molecule has 0 unspecified atom stereocenters. The number of likely N-dealkylation sites (N-methyl/N-ethyl adjacent to an activating group) is 1. The van der Waals surface area contributed by atoms with E-state index in [-0.39, 0.29) is 5.91 Å². The minimum absolute atomic E-state index is 0.180. The van der Waals surface area contributed by atoms with Gasteiger partial charge in [-0.05, 0) is 37.1 Å². The van der Waals surface area contributed by atoms with Gasteiger partial charge in [0.2, 0.25) is 5.91 Å². The molecule has 1 aliphatic rings. The van der Waals surface area contributed by atoms with E-state index in [1.165, 1.54) is 0 Å². The third-order valence-corrected chi connectivity index (χ3v) is 3.27. The highest BCUT2D eigenvalue weighted by molar-refractivity contribution is 5.81. The van der Waals surface area contributed by atoms with Gasteiger partial charge in [0.15, 0.2) is 0 Å². The van der Waals surface area contributed by atoms with Crippen LogP contribution in [-0.4, -0.2) is 37.5 Å². The molecule has 1 aromatic rings. The standard InChI is InChI=1S/C14H17N3O/c1-16(11-14(18)17-8-2-3-9-17)13-6-4-12(10-15)5-7-13/h4-7H,2-3,8-9,11H2,1H3. The molecule has 4 heteroatoms. The molecule has 0 N–H and O–H groups in total. The first kappa shape index (κ1) is 12.4. The number of carbonyl (C=O) groups excluding carboxylic acids is 1. The van der Waals surface area contributed by atoms with Gasteiger partial charge in [0.1, 0.15) is 0 Å². The molecule has 0 spiro atoms. The maximum Gasteiger partial charge on any atom is 0.242 e. The molecule has 0 atom stereocenters. The molecule has 1 aromatic carbocycles. The van der Waals surface area contributed by atoms with Gasteiger partial charge in [-0.15, -0.1) is 0 Å². The largest absolute Gasteiger partial charge is 0.365 e. The fourth-order valence-corrected chi connectivity index (χ4v) is 2.15. The van der Waals surface area contributed by atoms with Gasteiger partial charge in [0.05, 0.1) is 18.2 Å². The molecular formula is C14H17N3O. The molecular weight excluding hydrogens is 226 g/mol. The maximum atomic E-state index is 12.0. The molecule has 2 rings (SSSR count). The predicted molar refractivity (Wildman–Crippen MR) is 70.2 cm³/mol. The zero-order chi connectivity index (χ0) is 13.0. The Morgan fingerprint density at radius 2 is 1.94 bits per heavy atom. The molecule has 1 amide bonds. The summed E-state index contributed by atoms with van der Waals surface area (Å²) in [6.45, 7) is 2.17. The number of nitrogens with zero attached hydrogens (tertiary/aromatic N) is 3. The van der Waals surface area contributed by atoms with Crippen LogP contribution >= 0.6 is 0 Å². The summed E-state index contributed by atoms with van der Waals surface area (Å²) in [6, 6.07) is 9.37. The summed E-state index contributed by atoms with van der Waals surface area (Å²) in [5, 5.41) is 8.73. The summed E-state index contributed by atoms with van der Waals surface area (Å²) in [7, 11) is 1.90. The Hall–Kier alpha value is -2.02. The van der Waals surface area contributed by atoms with Gasteiger partial charge in [-0.2, -0.15) is 5.26 Å². The number of carbonyl (C=O) groups is 1. The van der Waals surface area contributed by atoms with Crippen LogP contribution in [0.2, 0.25) is 0 Å². The molecule has 0 radical (unpaired) electrons. The Bertz CT molecular complexity index is 455. The smallest absolute Gasteiger partial charge is 0.242 e. The van der Waals surface area contributed by atoms with Crippen LogP contribution in [0.5, 0.6) is 0 Å². The lowest BCUT2D eigenvalue weighted by molar-refractivity contribution is -0.128. The van der Waals surface area contributed by atoms with Crippen LogP contribution < -0.4 is 4.90 Å². The van der Waals surface area contributed by atoms with Gasteiger partial charge >= 0.3 is 0 Å². The Labute approximate surface area is 107 Å². The van der Waals surface area contributed by atoms with Crippen molar-refractivity contribution in [2.75, 3.05) is 31.6 Å². The molecule has 1 saturated heterocycles. The molecule has 0 aromatic heterocycles. The number of benzene rings is 1. The summed E-state index contributed by atoms with van der Waals surface area (Å²) in [6.07, 6.45) is 2.23. The number of hydrogen-bond acceptors (Lipinski definition) is 3. The first-order chi connectivity index (χ1) is 8.70. The van der Waals surface area contributed by atoms with Crippen molar-refractivity contribution in [3.63, 3.8) is 0 Å². The Balaban J connectivity index is 1.96. The topological polar surface area (TPSA) is 47.3 Å². The monoisotopic (exact) mass is 243 g/mol. The zero-order valence-electron chi connectivity index (χ0n) is 10.6. The van der Waals surface area contributed by atoms with Crippen molar-refractivity contribution in [3.8, 4) is 6.07 Å². The van der Waals surface area contributed by atoms with E-state index in [1.54, 1.807) is 12.1 Å². The number of hydrogen-bond donors (Lipinski definition) is 0. The highest BCUT2D eigenvalue weighted by Gasteiger charge is 2.19. The van der Waals surface area contributed by atoms with Gasteiger partial charge in [-0.25, -0.2) is 0 Å². The molecule has 1 aliphatic heterocycles. The second-order valence-corrected chi connectivity index (χ2v) is 4.60. The molecule has 0 saturated carbocycles. The summed E-state index contributed by atoms with van der Waals surface area (Å²) < 4.78 is 0. The van der Waals surface area contributed by atoms with E-state index in [0.717, 1.165) is 31.6 Å². The van der Waals surface area contributed by atoms with Gasteiger partial charge < -0.3 is 9.80 Å². The minimum Gasteiger partial charge on any atom is -0.365 e. The van der Waals surface area contributed by atoms with Gasteiger partial charge in [-0.3, -0.25) is 4.79 Å². The lowest BCUT2D eigenvalue weighted by Crippen LogP contribution is -2.37. The normalized spacial score (nSPS) is 14.3. The zero-order valence-corrected chi connectivity index (χ0v) is 10.6. The lowest BCUT2D eigenvalue weighted by Gasteiger charge is -2.22. The number of nitriles is 1. The van der Waals surface area contributed by atoms with Crippen molar-refractivity contribution in [2.24, 2.45) is 0 Å². The van der Waals surface area contributed by atoms with E-state index >= 15 is 0 Å². The molecule has 94 valence electrons. The molecule has 0 aliphatic carbocycles. The van der Waals surface area contributed by atoms with Crippen molar-refractivity contribution < 1.29 is 4.79 Å². The van der Waals surface area contributed by atoms with E-state index in [2.05, 4.69) is 6.07 Å². The Morgan fingerprint density at radius 3 is 2.50 bits per heavy atom. The van der Waals surface area contributed by atoms with E-state index in [0.29, 0.717) is 12.1 Å². The van der Waals surface area contributed by atoms with Crippen LogP contribution in [0.3, 0.4) is 0 Å². The van der Waals surface area contributed by atoms with E-state index in [1.807, 2.05) is 29.0 Å². The van der Waals surface area contributed by atoms with Crippen molar-refractivity contribution >= 4 is 11.6 Å². The SMILES string of the molecule is CN(CC(=O)N1CCCC1)c1ccc(C#N)cc1. The van der Waals surface area contributed by atoms with Crippen LogP contribution in [0.25, 0.3) is 0 Å². The number of anilines is 1. The summed E-state index contributed by atoms with van der Waals surface area (Å²) in [5.74, 6) is 0.180. The second-order valence-electron chi connectivity index (χ2n) is 4.60. The quantitative estimate of drug-likeness (QED) is 0.810. The van der Waals surface area contributed by atoms with Crippen LogP contribution in [0.15, 0.2) is 24.3 Å². The van der Waals surface area contributed by atoms with Crippen LogP contribution in [0, 0.1) is 11.3 Å². The predicted octanol–water partition coefficient (Wildman–Crippen LogP) is 1.62. The molecule has 0 bridgehead atoms. The molecule has 4 nitrogen and oxygen atoms in total. The van der Waals surface area contributed by atoms with Crippen LogP contribution in [0.1, 0.15) is 18.4 Å². The van der Waals surface area contributed by atoms with Crippen molar-refractivity contribution in [3.05, 3.63) is 29.8 Å². The average molecular weight is 243 g/mol. The molecule has 1 fully saturated rings. The summed E-state index contributed by atoms with van der Waals surface area (Å²) in [5.41, 5.74) is 1.60. The number of amides is 1. The number of rotatable bonds is 3. The lowest BCUT2D eigenvalue weighted by atomic mass is 10.2. The maximum absolute atomic E-state index is 12.0. The highest BCUT2D eigenvalue weighted by Crippen LogP contribution is 2.14. The molecule has 18 heavy (non-hydrogen) atoms. The minimum atomic E-state index is 0.180. The van der Waals surface area contributed by atoms with Crippen LogP contribution in [-0.2, 0) is 4.79 Å². The Kier molecular flexibility index (Phi) is 3.83. The van der Waals surface area contributed by atoms with E-state index < -0.39 is 0 Å². The van der Waals surface area contributed by atoms with Gasteiger partial charge in [0, 0.05) is 25.8 Å². The van der Waals surface area contributed by atoms with E-state index in [4.69, 9.17) is 5.26 Å². The molecule has 1 heterocycles. The van der Waals surface area contributed by atoms with Gasteiger partial charge in [0.25, 0.3) is 0 Å². The number of likely N-dealkylation sites (tertiary alicyclic amines) is 1.